The molecule has 1 unspecified atom stereocenters. The summed E-state index contributed by atoms with van der Waals surface area (Å²) in [6.07, 6.45) is 4.41. The number of nitrogens with zero attached hydrogens (tertiary/aromatic N) is 2. The Labute approximate surface area is 109 Å². The van der Waals surface area contributed by atoms with Crippen molar-refractivity contribution in [3.8, 4) is 0 Å². The predicted octanol–water partition coefficient (Wildman–Crippen LogP) is -0.0265. The molecule has 102 valence electrons. The van der Waals surface area contributed by atoms with Gasteiger partial charge in [-0.05, 0) is 12.8 Å². The van der Waals surface area contributed by atoms with Crippen molar-refractivity contribution in [1.29, 1.82) is 0 Å². The number of oxime groups is 1. The number of rotatable bonds is 2. The van der Waals surface area contributed by atoms with Gasteiger partial charge in [-0.25, -0.2) is 0 Å². The van der Waals surface area contributed by atoms with Crippen LogP contribution >= 0.6 is 0 Å². The van der Waals surface area contributed by atoms with Gasteiger partial charge in [0.25, 0.3) is 5.91 Å². The molecule has 1 aliphatic rings. The summed E-state index contributed by atoms with van der Waals surface area (Å²) in [6, 6.07) is 1.32. The maximum atomic E-state index is 12.2. The first-order valence-corrected chi connectivity index (χ1v) is 6.07. The molecule has 0 saturated carbocycles. The van der Waals surface area contributed by atoms with Gasteiger partial charge in [0.2, 0.25) is 0 Å². The van der Waals surface area contributed by atoms with Crippen LogP contribution in [0.15, 0.2) is 28.4 Å². The van der Waals surface area contributed by atoms with E-state index in [4.69, 9.17) is 10.9 Å². The quantitative estimate of drug-likeness (QED) is 0.301. The first-order chi connectivity index (χ1) is 9.13. The van der Waals surface area contributed by atoms with Crippen molar-refractivity contribution in [3.05, 3.63) is 34.2 Å². The van der Waals surface area contributed by atoms with E-state index >= 15 is 0 Å². The van der Waals surface area contributed by atoms with Crippen LogP contribution in [0.3, 0.4) is 0 Å². The topological polar surface area (TPSA) is 112 Å². The number of nitrogens with two attached hydrogens (primary N) is 1. The number of carbonyl (C=O) groups is 1. The van der Waals surface area contributed by atoms with Crippen molar-refractivity contribution in [2.24, 2.45) is 16.8 Å². The molecule has 1 aromatic rings. The van der Waals surface area contributed by atoms with E-state index in [1.807, 2.05) is 0 Å². The lowest BCUT2D eigenvalue weighted by Gasteiger charge is -2.31. The first-order valence-electron chi connectivity index (χ1n) is 6.07. The van der Waals surface area contributed by atoms with Crippen LogP contribution in [0.1, 0.15) is 23.2 Å². The molecule has 7 heteroatoms. The van der Waals surface area contributed by atoms with E-state index in [0.717, 1.165) is 12.8 Å². The number of hydrogen-bond acceptors (Lipinski definition) is 4. The normalized spacial score (nSPS) is 20.3. The second-order valence-corrected chi connectivity index (χ2v) is 4.54. The van der Waals surface area contributed by atoms with Gasteiger partial charge in [0.05, 0.1) is 0 Å². The predicted molar refractivity (Wildman–Crippen MR) is 69.1 cm³/mol. The van der Waals surface area contributed by atoms with Crippen LogP contribution in [0.25, 0.3) is 0 Å². The van der Waals surface area contributed by atoms with Crippen molar-refractivity contribution in [2.45, 2.75) is 12.8 Å². The number of amides is 1. The smallest absolute Gasteiger partial charge is 0.259 e. The minimum atomic E-state index is -0.322. The highest BCUT2D eigenvalue weighted by Crippen LogP contribution is 2.17. The third-order valence-corrected chi connectivity index (χ3v) is 3.30. The molecule has 2 rings (SSSR count). The SMILES string of the molecule is N/C(=N/O)C1CCCN(C(=O)c2c[nH]ccc2=O)C1. The van der Waals surface area contributed by atoms with E-state index in [-0.39, 0.29) is 28.7 Å². The maximum absolute atomic E-state index is 12.2. The van der Waals surface area contributed by atoms with Crippen molar-refractivity contribution in [2.75, 3.05) is 13.1 Å². The summed E-state index contributed by atoms with van der Waals surface area (Å²) in [7, 11) is 0. The molecular formula is C12H16N4O3. The van der Waals surface area contributed by atoms with E-state index in [2.05, 4.69) is 10.1 Å². The van der Waals surface area contributed by atoms with Crippen LogP contribution in [-0.2, 0) is 0 Å². The minimum absolute atomic E-state index is 0.114. The van der Waals surface area contributed by atoms with Gasteiger partial charge in [-0.3, -0.25) is 9.59 Å². The Hall–Kier alpha value is -2.31. The summed E-state index contributed by atoms with van der Waals surface area (Å²) in [5, 5.41) is 11.7. The summed E-state index contributed by atoms with van der Waals surface area (Å²) in [4.78, 5) is 28.2. The number of hydrogen-bond donors (Lipinski definition) is 3. The lowest BCUT2D eigenvalue weighted by atomic mass is 9.96. The Kier molecular flexibility index (Phi) is 3.84. The van der Waals surface area contributed by atoms with Crippen LogP contribution in [0, 0.1) is 5.92 Å². The van der Waals surface area contributed by atoms with E-state index in [1.54, 1.807) is 4.90 Å². The lowest BCUT2D eigenvalue weighted by molar-refractivity contribution is 0.0699. The van der Waals surface area contributed by atoms with Gasteiger partial charge in [-0.1, -0.05) is 5.16 Å². The molecule has 0 radical (unpaired) electrons. The van der Waals surface area contributed by atoms with Crippen LogP contribution in [0.2, 0.25) is 0 Å². The molecule has 0 spiro atoms. The summed E-state index contributed by atoms with van der Waals surface area (Å²) in [5.74, 6) is -0.359. The Morgan fingerprint density at radius 2 is 2.37 bits per heavy atom. The van der Waals surface area contributed by atoms with Gasteiger partial charge >= 0.3 is 0 Å². The van der Waals surface area contributed by atoms with Gasteiger partial charge in [-0.2, -0.15) is 0 Å². The average molecular weight is 264 g/mol. The van der Waals surface area contributed by atoms with E-state index < -0.39 is 0 Å². The maximum Gasteiger partial charge on any atom is 0.259 e. The monoisotopic (exact) mass is 264 g/mol. The van der Waals surface area contributed by atoms with Gasteiger partial charge < -0.3 is 20.8 Å². The zero-order valence-electron chi connectivity index (χ0n) is 10.4. The summed E-state index contributed by atoms with van der Waals surface area (Å²) in [5.41, 5.74) is 5.38. The molecule has 1 amide bonds. The fraction of sp³-hybridized carbons (Fsp3) is 0.417. The average Bonchev–Trinajstić information content (AvgIpc) is 2.46. The van der Waals surface area contributed by atoms with Crippen molar-refractivity contribution >= 4 is 11.7 Å². The zero-order valence-corrected chi connectivity index (χ0v) is 10.4. The van der Waals surface area contributed by atoms with E-state index in [0.29, 0.717) is 13.1 Å². The molecule has 1 aliphatic heterocycles. The van der Waals surface area contributed by atoms with Gasteiger partial charge in [0.1, 0.15) is 11.4 Å². The third kappa shape index (κ3) is 2.75. The molecule has 0 bridgehead atoms. The summed E-state index contributed by atoms with van der Waals surface area (Å²) >= 11 is 0. The Morgan fingerprint density at radius 1 is 1.58 bits per heavy atom. The standard InChI is InChI=1S/C12H16N4O3/c13-11(15-19)8-2-1-5-16(7-8)12(18)9-6-14-4-3-10(9)17/h3-4,6,8,19H,1-2,5,7H2,(H2,13,15)(H,14,17). The molecule has 1 fully saturated rings. The van der Waals surface area contributed by atoms with Gasteiger partial charge in [-0.15, -0.1) is 0 Å². The molecule has 2 heterocycles. The molecule has 1 saturated heterocycles. The molecule has 0 aromatic carbocycles. The highest BCUT2D eigenvalue weighted by atomic mass is 16.4. The van der Waals surface area contributed by atoms with Crippen LogP contribution in [0.4, 0.5) is 0 Å². The van der Waals surface area contributed by atoms with Crippen molar-refractivity contribution in [1.82, 2.24) is 9.88 Å². The number of pyridine rings is 1. The molecular weight excluding hydrogens is 248 g/mol. The fourth-order valence-corrected chi connectivity index (χ4v) is 2.24. The second-order valence-electron chi connectivity index (χ2n) is 4.54. The zero-order chi connectivity index (χ0) is 13.8. The first kappa shape index (κ1) is 13.1. The number of nitrogens with one attached hydrogen (secondary N) is 1. The molecule has 4 N–H and O–H groups in total. The Bertz CT molecular complexity index is 552. The number of aromatic nitrogens is 1. The fourth-order valence-electron chi connectivity index (χ4n) is 2.24. The lowest BCUT2D eigenvalue weighted by Crippen LogP contribution is -2.45. The Morgan fingerprint density at radius 3 is 3.05 bits per heavy atom. The molecule has 7 nitrogen and oxygen atoms in total. The van der Waals surface area contributed by atoms with Gasteiger partial charge in [0.15, 0.2) is 5.43 Å². The number of piperidine rings is 1. The summed E-state index contributed by atoms with van der Waals surface area (Å²) < 4.78 is 0. The Balaban J connectivity index is 2.16. The largest absolute Gasteiger partial charge is 0.409 e. The van der Waals surface area contributed by atoms with Crippen LogP contribution in [-0.4, -0.2) is 39.9 Å². The van der Waals surface area contributed by atoms with Crippen LogP contribution in [0.5, 0.6) is 0 Å². The van der Waals surface area contributed by atoms with Gasteiger partial charge in [0, 0.05) is 37.5 Å². The van der Waals surface area contributed by atoms with E-state index in [9.17, 15) is 9.59 Å². The van der Waals surface area contributed by atoms with E-state index in [1.165, 1.54) is 18.5 Å². The molecule has 1 aromatic heterocycles. The number of likely N-dealkylation sites (tertiary alicyclic amines) is 1. The highest BCUT2D eigenvalue weighted by molar-refractivity contribution is 5.94. The number of carbonyl (C=O) groups excluding carboxylic acids is 1. The molecule has 19 heavy (non-hydrogen) atoms. The minimum Gasteiger partial charge on any atom is -0.409 e. The summed E-state index contributed by atoms with van der Waals surface area (Å²) in [6.45, 7) is 0.936. The molecule has 0 aliphatic carbocycles. The van der Waals surface area contributed by atoms with Crippen molar-refractivity contribution < 1.29 is 10.0 Å². The molecule has 1 atom stereocenters. The highest BCUT2D eigenvalue weighted by Gasteiger charge is 2.27. The second kappa shape index (κ2) is 5.55. The van der Waals surface area contributed by atoms with Crippen LogP contribution < -0.4 is 11.2 Å². The third-order valence-electron chi connectivity index (χ3n) is 3.30. The van der Waals surface area contributed by atoms with Crippen molar-refractivity contribution in [3.63, 3.8) is 0 Å². The number of H-pyrrole nitrogens is 1. The number of aromatic amines is 1. The number of amidine groups is 1.